The van der Waals surface area contributed by atoms with Gasteiger partial charge in [0, 0.05) is 5.70 Å². The van der Waals surface area contributed by atoms with Crippen LogP contribution in [0.4, 0.5) is 0 Å². The van der Waals surface area contributed by atoms with Crippen LogP contribution in [0.5, 0.6) is 0 Å². The number of primary amides is 1. The van der Waals surface area contributed by atoms with E-state index in [-0.39, 0.29) is 11.6 Å². The Bertz CT molecular complexity index is 317. The average molecular weight is 177 g/mol. The maximum Gasteiger partial charge on any atom is 0.261 e. The first kappa shape index (κ1) is 11.1. The fourth-order valence-electron chi connectivity index (χ4n) is 0.762. The second kappa shape index (κ2) is 4.84. The Labute approximate surface area is 77.4 Å². The molecule has 1 atom stereocenters. The van der Waals surface area contributed by atoms with E-state index >= 15 is 0 Å². The van der Waals surface area contributed by atoms with Crippen LogP contribution in [0, 0.1) is 23.7 Å². The highest BCUT2D eigenvalue weighted by Crippen LogP contribution is 1.99. The SMILES string of the molecule is C#CC(C)N/C(C)=C(/C#N)C(N)=O. The highest BCUT2D eigenvalue weighted by Gasteiger charge is 2.09. The molecule has 0 aliphatic rings. The summed E-state index contributed by atoms with van der Waals surface area (Å²) in [7, 11) is 0. The van der Waals surface area contributed by atoms with E-state index in [1.54, 1.807) is 19.9 Å². The molecule has 68 valence electrons. The van der Waals surface area contributed by atoms with Gasteiger partial charge in [-0.15, -0.1) is 6.42 Å². The minimum Gasteiger partial charge on any atom is -0.374 e. The predicted octanol–water partition coefficient (Wildman–Crippen LogP) is -0.119. The molecule has 0 aliphatic heterocycles. The first-order chi connectivity index (χ1) is 6.02. The van der Waals surface area contributed by atoms with Crippen molar-refractivity contribution in [2.24, 2.45) is 5.73 Å². The molecule has 0 aromatic rings. The molecule has 0 saturated carbocycles. The third kappa shape index (κ3) is 3.31. The molecule has 0 fully saturated rings. The zero-order chi connectivity index (χ0) is 10.4. The molecule has 0 aliphatic carbocycles. The lowest BCUT2D eigenvalue weighted by Crippen LogP contribution is -2.26. The van der Waals surface area contributed by atoms with E-state index in [1.165, 1.54) is 0 Å². The monoisotopic (exact) mass is 177 g/mol. The number of nitrogens with one attached hydrogen (secondary N) is 1. The summed E-state index contributed by atoms with van der Waals surface area (Å²) in [6, 6.07) is 1.47. The number of nitrogens with zero attached hydrogens (tertiary/aromatic N) is 1. The summed E-state index contributed by atoms with van der Waals surface area (Å²) < 4.78 is 0. The Morgan fingerprint density at radius 3 is 2.54 bits per heavy atom. The van der Waals surface area contributed by atoms with Crippen molar-refractivity contribution in [2.45, 2.75) is 19.9 Å². The van der Waals surface area contributed by atoms with Crippen molar-refractivity contribution in [3.8, 4) is 18.4 Å². The van der Waals surface area contributed by atoms with Crippen LogP contribution >= 0.6 is 0 Å². The van der Waals surface area contributed by atoms with Gasteiger partial charge < -0.3 is 11.1 Å². The minimum atomic E-state index is -0.753. The normalized spacial score (nSPS) is 13.2. The predicted molar refractivity (Wildman–Crippen MR) is 48.9 cm³/mol. The zero-order valence-corrected chi connectivity index (χ0v) is 7.59. The van der Waals surface area contributed by atoms with Crippen molar-refractivity contribution in [2.75, 3.05) is 0 Å². The van der Waals surface area contributed by atoms with Crippen molar-refractivity contribution >= 4 is 5.91 Å². The van der Waals surface area contributed by atoms with E-state index in [9.17, 15) is 4.79 Å². The van der Waals surface area contributed by atoms with Gasteiger partial charge in [-0.05, 0) is 13.8 Å². The summed E-state index contributed by atoms with van der Waals surface area (Å²) in [5, 5.41) is 11.3. The number of nitriles is 1. The Hall–Kier alpha value is -1.94. The molecule has 0 saturated heterocycles. The van der Waals surface area contributed by atoms with Crippen LogP contribution in [0.3, 0.4) is 0 Å². The molecule has 4 nitrogen and oxygen atoms in total. The highest BCUT2D eigenvalue weighted by molar-refractivity contribution is 5.96. The molecule has 0 spiro atoms. The molecule has 1 unspecified atom stereocenters. The lowest BCUT2D eigenvalue weighted by molar-refractivity contribution is -0.114. The Balaban J connectivity index is 4.72. The molecule has 0 aromatic heterocycles. The lowest BCUT2D eigenvalue weighted by Gasteiger charge is -2.09. The first-order valence-corrected chi connectivity index (χ1v) is 3.66. The van der Waals surface area contributed by atoms with E-state index < -0.39 is 5.91 Å². The summed E-state index contributed by atoms with van der Waals surface area (Å²) in [6.45, 7) is 3.32. The number of hydrogen-bond donors (Lipinski definition) is 2. The fourth-order valence-corrected chi connectivity index (χ4v) is 0.762. The Kier molecular flexibility index (Phi) is 4.12. The summed E-state index contributed by atoms with van der Waals surface area (Å²) in [5.41, 5.74) is 5.26. The van der Waals surface area contributed by atoms with Crippen LogP contribution in [0.1, 0.15) is 13.8 Å². The van der Waals surface area contributed by atoms with E-state index in [0.717, 1.165) is 0 Å². The molecule has 0 aromatic carbocycles. The molecule has 13 heavy (non-hydrogen) atoms. The molecular formula is C9H11N3O. The number of allylic oxidation sites excluding steroid dienone is 1. The molecule has 3 N–H and O–H groups in total. The second-order valence-electron chi connectivity index (χ2n) is 2.51. The third-order valence-electron chi connectivity index (χ3n) is 1.42. The number of carbonyl (C=O) groups excluding carboxylic acids is 1. The van der Waals surface area contributed by atoms with Gasteiger partial charge >= 0.3 is 0 Å². The Morgan fingerprint density at radius 2 is 2.23 bits per heavy atom. The van der Waals surface area contributed by atoms with Crippen molar-refractivity contribution < 1.29 is 4.79 Å². The van der Waals surface area contributed by atoms with Gasteiger partial charge in [0.1, 0.15) is 11.6 Å². The third-order valence-corrected chi connectivity index (χ3v) is 1.42. The van der Waals surface area contributed by atoms with Gasteiger partial charge in [0.15, 0.2) is 0 Å². The zero-order valence-electron chi connectivity index (χ0n) is 7.59. The summed E-state index contributed by atoms with van der Waals surface area (Å²) >= 11 is 0. The van der Waals surface area contributed by atoms with Crippen LogP contribution in [0.15, 0.2) is 11.3 Å². The molecule has 4 heteroatoms. The van der Waals surface area contributed by atoms with E-state index in [0.29, 0.717) is 5.70 Å². The van der Waals surface area contributed by atoms with Crippen molar-refractivity contribution in [3.63, 3.8) is 0 Å². The maximum atomic E-state index is 10.7. The molecule has 1 amide bonds. The second-order valence-corrected chi connectivity index (χ2v) is 2.51. The van der Waals surface area contributed by atoms with Gasteiger partial charge in [0.2, 0.25) is 0 Å². The number of hydrogen-bond acceptors (Lipinski definition) is 3. The van der Waals surface area contributed by atoms with Gasteiger partial charge in [0.05, 0.1) is 6.04 Å². The van der Waals surface area contributed by atoms with Crippen molar-refractivity contribution in [1.29, 1.82) is 5.26 Å². The summed E-state index contributed by atoms with van der Waals surface area (Å²) in [4.78, 5) is 10.7. The van der Waals surface area contributed by atoms with Crippen LogP contribution in [-0.4, -0.2) is 11.9 Å². The van der Waals surface area contributed by atoms with Crippen molar-refractivity contribution in [1.82, 2.24) is 5.32 Å². The smallest absolute Gasteiger partial charge is 0.261 e. The van der Waals surface area contributed by atoms with Crippen LogP contribution in [0.2, 0.25) is 0 Å². The van der Waals surface area contributed by atoms with Gasteiger partial charge in [-0.3, -0.25) is 4.79 Å². The largest absolute Gasteiger partial charge is 0.374 e. The quantitative estimate of drug-likeness (QED) is 0.358. The average Bonchev–Trinajstić information content (AvgIpc) is 2.04. The van der Waals surface area contributed by atoms with Gasteiger partial charge in [-0.1, -0.05) is 5.92 Å². The fraction of sp³-hybridized carbons (Fsp3) is 0.333. The summed E-state index contributed by atoms with van der Waals surface area (Å²) in [5.74, 6) is 1.65. The topological polar surface area (TPSA) is 78.9 Å². The van der Waals surface area contributed by atoms with Gasteiger partial charge in [-0.2, -0.15) is 5.26 Å². The number of carbonyl (C=O) groups is 1. The van der Waals surface area contributed by atoms with E-state index in [4.69, 9.17) is 17.4 Å². The van der Waals surface area contributed by atoms with Gasteiger partial charge in [0.25, 0.3) is 5.91 Å². The van der Waals surface area contributed by atoms with E-state index in [2.05, 4.69) is 11.2 Å². The molecular weight excluding hydrogens is 166 g/mol. The number of terminal acetylenes is 1. The molecule has 0 heterocycles. The van der Waals surface area contributed by atoms with E-state index in [1.807, 2.05) is 0 Å². The van der Waals surface area contributed by atoms with Crippen LogP contribution < -0.4 is 11.1 Å². The van der Waals surface area contributed by atoms with Gasteiger partial charge in [-0.25, -0.2) is 0 Å². The molecule has 0 bridgehead atoms. The number of amides is 1. The summed E-state index contributed by atoms with van der Waals surface area (Å²) in [6.07, 6.45) is 5.10. The first-order valence-electron chi connectivity index (χ1n) is 3.66. The van der Waals surface area contributed by atoms with Crippen LogP contribution in [-0.2, 0) is 4.79 Å². The minimum absolute atomic E-state index is 0.0953. The number of nitrogens with two attached hydrogens (primary N) is 1. The standard InChI is InChI=1S/C9H11N3O/c1-4-6(2)12-7(3)8(5-10)9(11)13/h1,6,12H,2-3H3,(H2,11,13)/b8-7-. The highest BCUT2D eigenvalue weighted by atomic mass is 16.1. The van der Waals surface area contributed by atoms with Crippen molar-refractivity contribution in [3.05, 3.63) is 11.3 Å². The molecule has 0 radical (unpaired) electrons. The maximum absolute atomic E-state index is 10.7. The lowest BCUT2D eigenvalue weighted by atomic mass is 10.2. The Morgan fingerprint density at radius 1 is 1.69 bits per heavy atom. The molecule has 0 rings (SSSR count). The van der Waals surface area contributed by atoms with Crippen LogP contribution in [0.25, 0.3) is 0 Å². The number of rotatable bonds is 3.